The molecule has 1 rings (SSSR count). The molecule has 0 fully saturated rings. The molecule has 1 aromatic carbocycles. The average molecular weight is 261 g/mol. The Morgan fingerprint density at radius 3 is 2.53 bits per heavy atom. The van der Waals surface area contributed by atoms with Crippen LogP contribution in [0.25, 0.3) is 5.03 Å². The van der Waals surface area contributed by atoms with Crippen molar-refractivity contribution in [3.05, 3.63) is 39.4 Å². The summed E-state index contributed by atoms with van der Waals surface area (Å²) in [4.78, 5) is 0. The summed E-state index contributed by atoms with van der Waals surface area (Å²) in [7, 11) is 0. The highest BCUT2D eigenvalue weighted by molar-refractivity contribution is 6.51. The maximum absolute atomic E-state index is 8.84. The highest BCUT2D eigenvalue weighted by Gasteiger charge is 2.09. The second-order valence-corrected chi connectivity index (χ2v) is 4.10. The molecule has 78 valence electrons. The fourth-order valence-electron chi connectivity index (χ4n) is 1.11. The largest absolute Gasteiger partial charge is 0.193 e. The predicted molar refractivity (Wildman–Crippen MR) is 65.1 cm³/mol. The van der Waals surface area contributed by atoms with Gasteiger partial charge in [-0.25, -0.2) is 0 Å². The van der Waals surface area contributed by atoms with E-state index in [-0.39, 0.29) is 0 Å². The van der Waals surface area contributed by atoms with Crippen LogP contribution in [0.2, 0.25) is 10.0 Å². The first kappa shape index (κ1) is 12.4. The highest BCUT2D eigenvalue weighted by atomic mass is 35.5. The third-order valence-corrected chi connectivity index (χ3v) is 2.90. The minimum Gasteiger partial charge on any atom is -0.193 e. The van der Waals surface area contributed by atoms with Gasteiger partial charge >= 0.3 is 0 Å². The average Bonchev–Trinajstić information content (AvgIpc) is 2.19. The molecule has 0 radical (unpaired) electrons. The van der Waals surface area contributed by atoms with Gasteiger partial charge in [-0.05, 0) is 18.6 Å². The summed E-state index contributed by atoms with van der Waals surface area (Å²) < 4.78 is 0. The Bertz CT molecular complexity index is 444. The van der Waals surface area contributed by atoms with Crippen LogP contribution in [0.1, 0.15) is 18.9 Å². The van der Waals surface area contributed by atoms with Gasteiger partial charge in [-0.3, -0.25) is 0 Å². The molecule has 1 nitrogen and oxygen atoms in total. The van der Waals surface area contributed by atoms with Crippen LogP contribution in [-0.4, -0.2) is 0 Å². The Balaban J connectivity index is 3.29. The van der Waals surface area contributed by atoms with Gasteiger partial charge in [0.05, 0.1) is 16.1 Å². The molecule has 0 aliphatic carbocycles. The maximum Gasteiger partial charge on any atom is 0.0962 e. The van der Waals surface area contributed by atoms with Crippen molar-refractivity contribution in [2.24, 2.45) is 0 Å². The number of hydrogen-bond acceptors (Lipinski definition) is 1. The Labute approximate surface area is 104 Å². The van der Waals surface area contributed by atoms with Crippen LogP contribution in [0.4, 0.5) is 0 Å². The van der Waals surface area contributed by atoms with Crippen molar-refractivity contribution in [1.82, 2.24) is 0 Å². The molecule has 1 aromatic rings. The molecule has 0 atom stereocenters. The summed E-state index contributed by atoms with van der Waals surface area (Å²) >= 11 is 17.8. The number of rotatable bonds is 2. The summed E-state index contributed by atoms with van der Waals surface area (Å²) in [6.45, 7) is 1.87. The van der Waals surface area contributed by atoms with Crippen molar-refractivity contribution in [2.75, 3.05) is 0 Å². The molecular formula is C11H8Cl3N. The lowest BCUT2D eigenvalue weighted by atomic mass is 10.1. The zero-order valence-electron chi connectivity index (χ0n) is 8.02. The zero-order valence-corrected chi connectivity index (χ0v) is 10.3. The highest BCUT2D eigenvalue weighted by Crippen LogP contribution is 2.32. The molecule has 0 aliphatic rings. The van der Waals surface area contributed by atoms with E-state index in [9.17, 15) is 0 Å². The topological polar surface area (TPSA) is 23.8 Å². The summed E-state index contributed by atoms with van der Waals surface area (Å²) in [5.41, 5.74) is 1.15. The fourth-order valence-corrected chi connectivity index (χ4v) is 2.01. The fraction of sp³-hybridized carbons (Fsp3) is 0.182. The van der Waals surface area contributed by atoms with E-state index in [1.54, 1.807) is 18.2 Å². The number of benzene rings is 1. The molecule has 0 aromatic heterocycles. The van der Waals surface area contributed by atoms with Crippen molar-refractivity contribution in [3.63, 3.8) is 0 Å². The van der Waals surface area contributed by atoms with Crippen LogP contribution in [0, 0.1) is 11.3 Å². The van der Waals surface area contributed by atoms with E-state index in [1.165, 1.54) is 0 Å². The third-order valence-electron chi connectivity index (χ3n) is 1.92. The van der Waals surface area contributed by atoms with Crippen molar-refractivity contribution >= 4 is 39.8 Å². The maximum atomic E-state index is 8.84. The number of halogens is 3. The van der Waals surface area contributed by atoms with E-state index < -0.39 is 0 Å². The van der Waals surface area contributed by atoms with Crippen LogP contribution < -0.4 is 0 Å². The standard InChI is InChI=1S/C11H8Cl3N/c1-2-7(6-15)11(14)9-4-3-8(12)5-10(9)13/h3-5H,2H2,1H3/b11-7-. The van der Waals surface area contributed by atoms with Gasteiger partial charge in [0.15, 0.2) is 0 Å². The van der Waals surface area contributed by atoms with E-state index >= 15 is 0 Å². The smallest absolute Gasteiger partial charge is 0.0962 e. The number of allylic oxidation sites excluding steroid dienone is 1. The first-order chi connectivity index (χ1) is 7.10. The van der Waals surface area contributed by atoms with Crippen LogP contribution in [0.5, 0.6) is 0 Å². The van der Waals surface area contributed by atoms with Crippen molar-refractivity contribution in [2.45, 2.75) is 13.3 Å². The molecule has 0 amide bonds. The second kappa shape index (κ2) is 5.42. The van der Waals surface area contributed by atoms with Gasteiger partial charge < -0.3 is 0 Å². The normalized spacial score (nSPS) is 11.9. The van der Waals surface area contributed by atoms with E-state index in [2.05, 4.69) is 0 Å². The lowest BCUT2D eigenvalue weighted by Crippen LogP contribution is -1.85. The van der Waals surface area contributed by atoms with Crippen LogP contribution in [-0.2, 0) is 0 Å². The van der Waals surface area contributed by atoms with Crippen LogP contribution in [0.3, 0.4) is 0 Å². The van der Waals surface area contributed by atoms with Gasteiger partial charge in [-0.15, -0.1) is 0 Å². The zero-order chi connectivity index (χ0) is 11.4. The molecule has 0 saturated heterocycles. The first-order valence-electron chi connectivity index (χ1n) is 4.34. The Morgan fingerprint density at radius 2 is 2.07 bits per heavy atom. The van der Waals surface area contributed by atoms with Gasteiger partial charge in [0.2, 0.25) is 0 Å². The van der Waals surface area contributed by atoms with Crippen LogP contribution in [0.15, 0.2) is 23.8 Å². The molecule has 0 bridgehead atoms. The van der Waals surface area contributed by atoms with E-state index in [0.717, 1.165) is 0 Å². The van der Waals surface area contributed by atoms with Gasteiger partial charge in [0.25, 0.3) is 0 Å². The predicted octanol–water partition coefficient (Wildman–Crippen LogP) is 4.88. The van der Waals surface area contributed by atoms with Crippen molar-refractivity contribution in [1.29, 1.82) is 5.26 Å². The molecule has 4 heteroatoms. The molecule has 0 spiro atoms. The van der Waals surface area contributed by atoms with Crippen molar-refractivity contribution < 1.29 is 0 Å². The molecule has 0 saturated carbocycles. The van der Waals surface area contributed by atoms with Gasteiger partial charge in [0, 0.05) is 16.2 Å². The Kier molecular flexibility index (Phi) is 4.47. The molecule has 0 N–H and O–H groups in total. The lowest BCUT2D eigenvalue weighted by molar-refractivity contribution is 1.16. The summed E-state index contributed by atoms with van der Waals surface area (Å²) in [6.07, 6.45) is 0.578. The molecule has 0 heterocycles. The summed E-state index contributed by atoms with van der Waals surface area (Å²) in [5, 5.41) is 10.2. The summed E-state index contributed by atoms with van der Waals surface area (Å²) in [5.74, 6) is 0. The quantitative estimate of drug-likeness (QED) is 0.696. The minimum atomic E-state index is 0.390. The molecule has 15 heavy (non-hydrogen) atoms. The van der Waals surface area contributed by atoms with Crippen molar-refractivity contribution in [3.8, 4) is 6.07 Å². The van der Waals surface area contributed by atoms with E-state index in [4.69, 9.17) is 40.1 Å². The number of hydrogen-bond donors (Lipinski definition) is 0. The Hall–Kier alpha value is -0.680. The number of nitriles is 1. The van der Waals surface area contributed by atoms with E-state index in [0.29, 0.717) is 32.6 Å². The van der Waals surface area contributed by atoms with Gasteiger partial charge in [-0.2, -0.15) is 5.26 Å². The SMILES string of the molecule is CC/C(C#N)=C(/Cl)c1ccc(Cl)cc1Cl. The Morgan fingerprint density at radius 1 is 1.40 bits per heavy atom. The monoisotopic (exact) mass is 259 g/mol. The van der Waals surface area contributed by atoms with Gasteiger partial charge in [-0.1, -0.05) is 47.8 Å². The van der Waals surface area contributed by atoms with Gasteiger partial charge in [0.1, 0.15) is 0 Å². The lowest BCUT2D eigenvalue weighted by Gasteiger charge is -2.04. The van der Waals surface area contributed by atoms with Crippen LogP contribution >= 0.6 is 34.8 Å². The number of nitrogens with zero attached hydrogens (tertiary/aromatic N) is 1. The molecular weight excluding hydrogens is 252 g/mol. The van der Waals surface area contributed by atoms with E-state index in [1.807, 2.05) is 13.0 Å². The molecule has 0 unspecified atom stereocenters. The third kappa shape index (κ3) is 2.89. The first-order valence-corrected chi connectivity index (χ1v) is 5.47. The second-order valence-electron chi connectivity index (χ2n) is 2.88. The molecule has 0 aliphatic heterocycles. The summed E-state index contributed by atoms with van der Waals surface area (Å²) in [6, 6.07) is 7.05. The minimum absolute atomic E-state index is 0.390.